The van der Waals surface area contributed by atoms with E-state index in [0.29, 0.717) is 0 Å². The van der Waals surface area contributed by atoms with Crippen LogP contribution in [-0.4, -0.2) is 35.3 Å². The van der Waals surface area contributed by atoms with Crippen LogP contribution in [0.3, 0.4) is 0 Å². The van der Waals surface area contributed by atoms with Crippen molar-refractivity contribution in [1.29, 1.82) is 0 Å². The van der Waals surface area contributed by atoms with Crippen LogP contribution in [0.2, 0.25) is 0 Å². The molecule has 0 atom stereocenters. The first-order valence-corrected chi connectivity index (χ1v) is 6.78. The second kappa shape index (κ2) is 6.48. The van der Waals surface area contributed by atoms with Gasteiger partial charge in [0.1, 0.15) is 0 Å². The summed E-state index contributed by atoms with van der Waals surface area (Å²) in [5.41, 5.74) is 2.84. The topological polar surface area (TPSA) is 49.2 Å². The summed E-state index contributed by atoms with van der Waals surface area (Å²) < 4.78 is 0. The van der Waals surface area contributed by atoms with E-state index in [0.717, 1.165) is 48.4 Å². The summed E-state index contributed by atoms with van der Waals surface area (Å²) in [5.74, 6) is 0.947. The minimum Gasteiger partial charge on any atom is -0.396 e. The third-order valence-electron chi connectivity index (χ3n) is 3.23. The second-order valence-corrected chi connectivity index (χ2v) is 4.83. The van der Waals surface area contributed by atoms with Gasteiger partial charge in [-0.2, -0.15) is 0 Å². The van der Waals surface area contributed by atoms with Gasteiger partial charge in [0.2, 0.25) is 0 Å². The van der Waals surface area contributed by atoms with Crippen LogP contribution in [0.5, 0.6) is 0 Å². The van der Waals surface area contributed by atoms with E-state index in [2.05, 4.69) is 14.9 Å². The Morgan fingerprint density at radius 3 is 2.42 bits per heavy atom. The van der Waals surface area contributed by atoms with Crippen molar-refractivity contribution in [2.24, 2.45) is 0 Å². The van der Waals surface area contributed by atoms with E-state index < -0.39 is 0 Å². The largest absolute Gasteiger partial charge is 0.396 e. The Morgan fingerprint density at radius 1 is 1.05 bits per heavy atom. The van der Waals surface area contributed by atoms with Crippen LogP contribution >= 0.6 is 0 Å². The molecular formula is C15H21N3O. The molecule has 1 aromatic carbocycles. The van der Waals surface area contributed by atoms with Gasteiger partial charge in [0.25, 0.3) is 0 Å². The normalized spacial score (nSPS) is 10.9. The summed E-state index contributed by atoms with van der Waals surface area (Å²) in [6, 6.07) is 7.94. The van der Waals surface area contributed by atoms with Gasteiger partial charge in [-0.3, -0.25) is 0 Å². The standard InChI is InChI=1S/C15H21N3O/c1-12-15(18(2)10-6-3-7-11-19)17-14-9-5-4-8-13(14)16-12/h4-5,8-9,19H,3,6-7,10-11H2,1-2H3. The first kappa shape index (κ1) is 13.7. The first-order valence-electron chi connectivity index (χ1n) is 6.78. The third-order valence-corrected chi connectivity index (χ3v) is 3.23. The molecule has 0 saturated carbocycles. The molecule has 0 saturated heterocycles. The summed E-state index contributed by atoms with van der Waals surface area (Å²) in [7, 11) is 2.05. The average Bonchev–Trinajstić information content (AvgIpc) is 2.42. The van der Waals surface area contributed by atoms with Crippen LogP contribution in [-0.2, 0) is 0 Å². The molecule has 0 unspecified atom stereocenters. The Morgan fingerprint density at radius 2 is 1.74 bits per heavy atom. The van der Waals surface area contributed by atoms with E-state index in [-0.39, 0.29) is 6.61 Å². The number of aliphatic hydroxyl groups is 1. The number of unbranched alkanes of at least 4 members (excludes halogenated alkanes) is 2. The Bertz CT molecular complexity index is 542. The molecule has 2 rings (SSSR count). The van der Waals surface area contributed by atoms with Crippen molar-refractivity contribution < 1.29 is 5.11 Å². The van der Waals surface area contributed by atoms with Crippen molar-refractivity contribution in [2.75, 3.05) is 25.1 Å². The summed E-state index contributed by atoms with van der Waals surface area (Å²) in [5, 5.41) is 8.78. The van der Waals surface area contributed by atoms with Gasteiger partial charge >= 0.3 is 0 Å². The third kappa shape index (κ3) is 3.41. The molecule has 102 valence electrons. The SMILES string of the molecule is Cc1nc2ccccc2nc1N(C)CCCCCO. The summed E-state index contributed by atoms with van der Waals surface area (Å²) >= 11 is 0. The highest BCUT2D eigenvalue weighted by atomic mass is 16.2. The van der Waals surface area contributed by atoms with E-state index in [1.54, 1.807) is 0 Å². The Labute approximate surface area is 114 Å². The fourth-order valence-corrected chi connectivity index (χ4v) is 2.18. The van der Waals surface area contributed by atoms with Crippen molar-refractivity contribution in [3.63, 3.8) is 0 Å². The van der Waals surface area contributed by atoms with Crippen molar-refractivity contribution in [3.05, 3.63) is 30.0 Å². The second-order valence-electron chi connectivity index (χ2n) is 4.83. The lowest BCUT2D eigenvalue weighted by molar-refractivity contribution is 0.283. The van der Waals surface area contributed by atoms with Gasteiger partial charge in [-0.1, -0.05) is 12.1 Å². The lowest BCUT2D eigenvalue weighted by Gasteiger charge is -2.20. The zero-order valence-corrected chi connectivity index (χ0v) is 11.6. The van der Waals surface area contributed by atoms with Gasteiger partial charge in [-0.05, 0) is 38.3 Å². The molecule has 0 aliphatic heterocycles. The summed E-state index contributed by atoms with van der Waals surface area (Å²) in [4.78, 5) is 11.4. The monoisotopic (exact) mass is 259 g/mol. The predicted octanol–water partition coefficient (Wildman–Crippen LogP) is 2.54. The van der Waals surface area contributed by atoms with E-state index in [1.807, 2.05) is 38.2 Å². The van der Waals surface area contributed by atoms with Crippen molar-refractivity contribution in [2.45, 2.75) is 26.2 Å². The predicted molar refractivity (Wildman–Crippen MR) is 78.5 cm³/mol. The number of fused-ring (bicyclic) bond motifs is 1. The van der Waals surface area contributed by atoms with Crippen molar-refractivity contribution in [1.82, 2.24) is 9.97 Å². The number of para-hydroxylation sites is 2. The van der Waals surface area contributed by atoms with Gasteiger partial charge in [0.15, 0.2) is 5.82 Å². The zero-order valence-electron chi connectivity index (χ0n) is 11.6. The van der Waals surface area contributed by atoms with Gasteiger partial charge < -0.3 is 10.0 Å². The van der Waals surface area contributed by atoms with Crippen LogP contribution in [0.15, 0.2) is 24.3 Å². The Kier molecular flexibility index (Phi) is 4.68. The number of nitrogens with zero attached hydrogens (tertiary/aromatic N) is 3. The Hall–Kier alpha value is -1.68. The number of aryl methyl sites for hydroxylation is 1. The zero-order chi connectivity index (χ0) is 13.7. The molecule has 0 aliphatic rings. The number of hydrogen-bond donors (Lipinski definition) is 1. The maximum absolute atomic E-state index is 8.78. The highest BCUT2D eigenvalue weighted by Gasteiger charge is 2.09. The molecule has 4 heteroatoms. The van der Waals surface area contributed by atoms with Crippen molar-refractivity contribution in [3.8, 4) is 0 Å². The minimum absolute atomic E-state index is 0.276. The van der Waals surface area contributed by atoms with E-state index in [4.69, 9.17) is 5.11 Å². The Balaban J connectivity index is 2.12. The molecule has 0 aliphatic carbocycles. The maximum Gasteiger partial charge on any atom is 0.150 e. The number of aromatic nitrogens is 2. The molecule has 1 heterocycles. The van der Waals surface area contributed by atoms with E-state index in [9.17, 15) is 0 Å². The molecule has 4 nitrogen and oxygen atoms in total. The molecule has 0 spiro atoms. The van der Waals surface area contributed by atoms with E-state index >= 15 is 0 Å². The van der Waals surface area contributed by atoms with Gasteiger partial charge in [-0.25, -0.2) is 9.97 Å². The number of hydrogen-bond acceptors (Lipinski definition) is 4. The molecule has 1 N–H and O–H groups in total. The van der Waals surface area contributed by atoms with Crippen LogP contribution in [0.25, 0.3) is 11.0 Å². The number of anilines is 1. The van der Waals surface area contributed by atoms with Crippen LogP contribution in [0.4, 0.5) is 5.82 Å². The number of aliphatic hydroxyl groups excluding tert-OH is 1. The highest BCUT2D eigenvalue weighted by molar-refractivity contribution is 5.76. The van der Waals surface area contributed by atoms with Crippen LogP contribution < -0.4 is 4.90 Å². The van der Waals surface area contributed by atoms with Gasteiger partial charge in [0, 0.05) is 20.2 Å². The molecule has 0 bridgehead atoms. The van der Waals surface area contributed by atoms with Crippen molar-refractivity contribution >= 4 is 16.9 Å². The number of benzene rings is 1. The first-order chi connectivity index (χ1) is 9.22. The molecule has 19 heavy (non-hydrogen) atoms. The molecule has 2 aromatic rings. The molecule has 0 radical (unpaired) electrons. The maximum atomic E-state index is 8.78. The smallest absolute Gasteiger partial charge is 0.150 e. The summed E-state index contributed by atoms with van der Waals surface area (Å²) in [6.45, 7) is 3.21. The van der Waals surface area contributed by atoms with Gasteiger partial charge in [0.05, 0.1) is 16.7 Å². The lowest BCUT2D eigenvalue weighted by Crippen LogP contribution is -2.21. The minimum atomic E-state index is 0.276. The molecule has 1 aromatic heterocycles. The van der Waals surface area contributed by atoms with Crippen LogP contribution in [0, 0.1) is 6.92 Å². The molecular weight excluding hydrogens is 238 g/mol. The lowest BCUT2D eigenvalue weighted by atomic mass is 10.2. The molecule has 0 amide bonds. The number of rotatable bonds is 6. The fourth-order valence-electron chi connectivity index (χ4n) is 2.18. The van der Waals surface area contributed by atoms with Gasteiger partial charge in [-0.15, -0.1) is 0 Å². The average molecular weight is 259 g/mol. The van der Waals surface area contributed by atoms with Crippen LogP contribution in [0.1, 0.15) is 25.0 Å². The summed E-state index contributed by atoms with van der Waals surface area (Å²) in [6.07, 6.45) is 2.97. The highest BCUT2D eigenvalue weighted by Crippen LogP contribution is 2.19. The molecule has 0 fully saturated rings. The quantitative estimate of drug-likeness (QED) is 0.810. The fraction of sp³-hybridized carbons (Fsp3) is 0.467. The van der Waals surface area contributed by atoms with E-state index in [1.165, 1.54) is 0 Å².